The Labute approximate surface area is 96.1 Å². The van der Waals surface area contributed by atoms with E-state index >= 15 is 0 Å². The first-order chi connectivity index (χ1) is 7.45. The number of hydrogen-bond acceptors (Lipinski definition) is 4. The number of aldehydes is 1. The molecule has 0 spiro atoms. The summed E-state index contributed by atoms with van der Waals surface area (Å²) in [4.78, 5) is 20.9. The summed E-state index contributed by atoms with van der Waals surface area (Å²) >= 11 is 5.73. The zero-order valence-corrected chi connectivity index (χ0v) is 9.15. The quantitative estimate of drug-likeness (QED) is 0.452. The fourth-order valence-electron chi connectivity index (χ4n) is 1.69. The maximum Gasteiger partial charge on any atom is 0.288 e. The number of halogens is 1. The molecule has 0 N–H and O–H groups in total. The highest BCUT2D eigenvalue weighted by molar-refractivity contribution is 6.32. The number of fused-ring (bicyclic) bond motifs is 1. The molecule has 84 valence electrons. The van der Waals surface area contributed by atoms with E-state index < -0.39 is 10.5 Å². The summed E-state index contributed by atoms with van der Waals surface area (Å²) in [5.74, 6) is 0.435. The topological polar surface area (TPSA) is 69.4 Å². The van der Waals surface area contributed by atoms with Crippen LogP contribution in [0.2, 0.25) is 5.02 Å². The van der Waals surface area contributed by atoms with Crippen molar-refractivity contribution in [3.63, 3.8) is 0 Å². The first-order valence-corrected chi connectivity index (χ1v) is 4.95. The Bertz CT molecular complexity index is 488. The van der Waals surface area contributed by atoms with Crippen LogP contribution in [0.5, 0.6) is 5.75 Å². The SMILES string of the molecule is CC1(C=O)Cc2cc([N+](=O)[O-])c(Cl)cc2O1. The Morgan fingerprint density at radius 3 is 2.88 bits per heavy atom. The Hall–Kier alpha value is -1.62. The summed E-state index contributed by atoms with van der Waals surface area (Å²) in [7, 11) is 0. The zero-order chi connectivity index (χ0) is 11.9. The lowest BCUT2D eigenvalue weighted by Crippen LogP contribution is -2.31. The lowest BCUT2D eigenvalue weighted by Gasteiger charge is -2.14. The van der Waals surface area contributed by atoms with Crippen LogP contribution in [-0.2, 0) is 11.2 Å². The van der Waals surface area contributed by atoms with Crippen molar-refractivity contribution >= 4 is 23.6 Å². The lowest BCUT2D eigenvalue weighted by atomic mass is 10.0. The number of rotatable bonds is 2. The van der Waals surface area contributed by atoms with Crippen LogP contribution in [0.15, 0.2) is 12.1 Å². The molecule has 2 rings (SSSR count). The molecule has 1 aliphatic rings. The first kappa shape index (κ1) is 10.9. The van der Waals surface area contributed by atoms with Gasteiger partial charge < -0.3 is 4.74 Å². The van der Waals surface area contributed by atoms with Crippen LogP contribution in [-0.4, -0.2) is 16.8 Å². The molecular formula is C10H8ClNO4. The molecule has 1 aromatic rings. The van der Waals surface area contributed by atoms with Gasteiger partial charge in [0.15, 0.2) is 11.9 Å². The standard InChI is InChI=1S/C10H8ClNO4/c1-10(5-13)4-6-2-8(12(14)15)7(11)3-9(6)16-10/h2-3,5H,4H2,1H3. The fourth-order valence-corrected chi connectivity index (χ4v) is 1.91. The number of nitro groups is 1. The summed E-state index contributed by atoms with van der Waals surface area (Å²) in [6.45, 7) is 1.62. The second-order valence-corrected chi connectivity index (χ2v) is 4.29. The number of nitrogens with zero attached hydrogens (tertiary/aromatic N) is 1. The molecule has 5 nitrogen and oxygen atoms in total. The molecule has 6 heteroatoms. The highest BCUT2D eigenvalue weighted by Crippen LogP contribution is 2.40. The summed E-state index contributed by atoms with van der Waals surface area (Å²) in [5.41, 5.74) is -0.481. The van der Waals surface area contributed by atoms with E-state index in [0.29, 0.717) is 24.0 Å². The van der Waals surface area contributed by atoms with Crippen molar-refractivity contribution in [2.75, 3.05) is 0 Å². The molecule has 1 unspecified atom stereocenters. The van der Waals surface area contributed by atoms with Crippen LogP contribution in [0.3, 0.4) is 0 Å². The normalized spacial score (nSPS) is 22.4. The molecule has 0 saturated carbocycles. The third kappa shape index (κ3) is 1.63. The Morgan fingerprint density at radius 1 is 1.62 bits per heavy atom. The van der Waals surface area contributed by atoms with Crippen molar-refractivity contribution in [3.8, 4) is 5.75 Å². The van der Waals surface area contributed by atoms with Gasteiger partial charge in [-0.3, -0.25) is 14.9 Å². The monoisotopic (exact) mass is 241 g/mol. The predicted molar refractivity (Wildman–Crippen MR) is 56.9 cm³/mol. The van der Waals surface area contributed by atoms with E-state index in [4.69, 9.17) is 16.3 Å². The number of hydrogen-bond donors (Lipinski definition) is 0. The largest absolute Gasteiger partial charge is 0.479 e. The van der Waals surface area contributed by atoms with Gasteiger partial charge in [-0.05, 0) is 6.92 Å². The summed E-state index contributed by atoms with van der Waals surface area (Å²) in [5, 5.41) is 10.7. The van der Waals surface area contributed by atoms with Crippen LogP contribution < -0.4 is 4.74 Å². The van der Waals surface area contributed by atoms with E-state index in [1.54, 1.807) is 6.92 Å². The molecule has 16 heavy (non-hydrogen) atoms. The lowest BCUT2D eigenvalue weighted by molar-refractivity contribution is -0.384. The van der Waals surface area contributed by atoms with Crippen LogP contribution >= 0.6 is 11.6 Å². The third-order valence-corrected chi connectivity index (χ3v) is 2.76. The van der Waals surface area contributed by atoms with Crippen molar-refractivity contribution in [3.05, 3.63) is 32.8 Å². The van der Waals surface area contributed by atoms with Gasteiger partial charge in [-0.15, -0.1) is 0 Å². The minimum Gasteiger partial charge on any atom is -0.479 e. The highest BCUT2D eigenvalue weighted by Gasteiger charge is 2.36. The van der Waals surface area contributed by atoms with Crippen molar-refractivity contribution in [2.45, 2.75) is 18.9 Å². The molecule has 0 radical (unpaired) electrons. The van der Waals surface area contributed by atoms with E-state index in [2.05, 4.69) is 0 Å². The van der Waals surface area contributed by atoms with Gasteiger partial charge in [-0.2, -0.15) is 0 Å². The smallest absolute Gasteiger partial charge is 0.288 e. The molecule has 0 aliphatic carbocycles. The zero-order valence-electron chi connectivity index (χ0n) is 8.40. The molecule has 0 amide bonds. The van der Waals surface area contributed by atoms with E-state index in [0.717, 1.165) is 0 Å². The van der Waals surface area contributed by atoms with Gasteiger partial charge in [0, 0.05) is 24.1 Å². The molecule has 1 heterocycles. The Morgan fingerprint density at radius 2 is 2.31 bits per heavy atom. The maximum atomic E-state index is 10.8. The molecule has 1 atom stereocenters. The van der Waals surface area contributed by atoms with Gasteiger partial charge in [-0.1, -0.05) is 11.6 Å². The van der Waals surface area contributed by atoms with Crippen molar-refractivity contribution in [1.29, 1.82) is 0 Å². The van der Waals surface area contributed by atoms with Gasteiger partial charge in [0.25, 0.3) is 5.69 Å². The summed E-state index contributed by atoms with van der Waals surface area (Å²) in [6.07, 6.45) is 1.01. The second-order valence-electron chi connectivity index (χ2n) is 3.88. The molecule has 0 saturated heterocycles. The van der Waals surface area contributed by atoms with Crippen molar-refractivity contribution < 1.29 is 14.5 Å². The number of carbonyl (C=O) groups excluding carboxylic acids is 1. The van der Waals surface area contributed by atoms with Crippen molar-refractivity contribution in [2.24, 2.45) is 0 Å². The second kappa shape index (κ2) is 3.45. The number of benzene rings is 1. The number of ether oxygens (including phenoxy) is 1. The van der Waals surface area contributed by atoms with Crippen LogP contribution in [0, 0.1) is 10.1 Å². The number of nitro benzene ring substituents is 1. The van der Waals surface area contributed by atoms with Gasteiger partial charge in [0.1, 0.15) is 10.8 Å². The van der Waals surface area contributed by atoms with Crippen LogP contribution in [0.25, 0.3) is 0 Å². The van der Waals surface area contributed by atoms with Crippen molar-refractivity contribution in [1.82, 2.24) is 0 Å². The predicted octanol–water partition coefficient (Wildman–Crippen LogP) is 2.14. The average molecular weight is 242 g/mol. The number of carbonyl (C=O) groups is 1. The third-order valence-electron chi connectivity index (χ3n) is 2.46. The molecular weight excluding hydrogens is 234 g/mol. The Kier molecular flexibility index (Phi) is 2.35. The summed E-state index contributed by atoms with van der Waals surface area (Å²) in [6, 6.07) is 2.73. The fraction of sp³-hybridized carbons (Fsp3) is 0.300. The van der Waals surface area contributed by atoms with Gasteiger partial charge in [0.2, 0.25) is 0 Å². The van der Waals surface area contributed by atoms with E-state index in [-0.39, 0.29) is 10.7 Å². The van der Waals surface area contributed by atoms with E-state index in [1.165, 1.54) is 12.1 Å². The van der Waals surface area contributed by atoms with E-state index in [9.17, 15) is 14.9 Å². The first-order valence-electron chi connectivity index (χ1n) is 4.57. The van der Waals surface area contributed by atoms with Gasteiger partial charge in [-0.25, -0.2) is 0 Å². The average Bonchev–Trinajstić information content (AvgIpc) is 2.53. The van der Waals surface area contributed by atoms with E-state index in [1.807, 2.05) is 0 Å². The van der Waals surface area contributed by atoms with Gasteiger partial charge >= 0.3 is 0 Å². The molecule has 0 bridgehead atoms. The maximum absolute atomic E-state index is 10.8. The van der Waals surface area contributed by atoms with Crippen LogP contribution in [0.4, 0.5) is 5.69 Å². The minimum absolute atomic E-state index is 0.0129. The molecule has 1 aromatic carbocycles. The highest BCUT2D eigenvalue weighted by atomic mass is 35.5. The van der Waals surface area contributed by atoms with Gasteiger partial charge in [0.05, 0.1) is 4.92 Å². The molecule has 0 aromatic heterocycles. The molecule has 1 aliphatic heterocycles. The Balaban J connectivity index is 2.48. The summed E-state index contributed by atoms with van der Waals surface area (Å²) < 4.78 is 5.38. The molecule has 0 fully saturated rings. The minimum atomic E-state index is -0.944. The van der Waals surface area contributed by atoms with Crippen LogP contribution in [0.1, 0.15) is 12.5 Å².